The van der Waals surface area contributed by atoms with Crippen molar-refractivity contribution < 1.29 is 14.6 Å². The predicted octanol–water partition coefficient (Wildman–Crippen LogP) is 3.76. The maximum atomic E-state index is 13.4. The Kier molecular flexibility index (Phi) is 5.33. The minimum absolute atomic E-state index is 0.237. The number of rotatable bonds is 4. The van der Waals surface area contributed by atoms with Crippen LogP contribution in [0.25, 0.3) is 22.0 Å². The van der Waals surface area contributed by atoms with Crippen molar-refractivity contribution in [3.8, 4) is 16.9 Å². The summed E-state index contributed by atoms with van der Waals surface area (Å²) < 4.78 is 6.49. The van der Waals surface area contributed by atoms with Gasteiger partial charge in [-0.25, -0.2) is 9.78 Å². The Morgan fingerprint density at radius 1 is 1.20 bits per heavy atom. The molecule has 1 N–H and O–H groups in total. The average Bonchev–Trinajstić information content (AvgIpc) is 2.78. The molecule has 3 aromatic heterocycles. The van der Waals surface area contributed by atoms with Crippen LogP contribution in [-0.2, 0) is 11.3 Å². The van der Waals surface area contributed by atoms with Crippen LogP contribution < -0.4 is 5.56 Å². The molecule has 30 heavy (non-hydrogen) atoms. The molecule has 0 spiro atoms. The summed E-state index contributed by atoms with van der Waals surface area (Å²) in [5, 5.41) is 11.1. The van der Waals surface area contributed by atoms with Gasteiger partial charge in [-0.1, -0.05) is 36.4 Å². The lowest BCUT2D eigenvalue weighted by Gasteiger charge is -2.16. The Bertz CT molecular complexity index is 1310. The number of fused-ring (bicyclic) bond motifs is 1. The molecule has 0 fully saturated rings. The van der Waals surface area contributed by atoms with Crippen molar-refractivity contribution in [2.24, 2.45) is 0 Å². The van der Waals surface area contributed by atoms with Gasteiger partial charge in [-0.15, -0.1) is 0 Å². The van der Waals surface area contributed by atoms with Gasteiger partial charge in [0.05, 0.1) is 19.2 Å². The molecule has 0 unspecified atom stereocenters. The van der Waals surface area contributed by atoms with E-state index in [0.717, 1.165) is 5.56 Å². The summed E-state index contributed by atoms with van der Waals surface area (Å²) in [5.74, 6) is -1.13. The molecule has 0 aliphatic heterocycles. The summed E-state index contributed by atoms with van der Waals surface area (Å²) in [6.45, 7) is 0.252. The summed E-state index contributed by atoms with van der Waals surface area (Å²) >= 11 is 3.36. The lowest BCUT2D eigenvalue weighted by atomic mass is 10.1. The first-order valence-corrected chi connectivity index (χ1v) is 9.79. The number of carbonyl (C=O) groups excluding carboxylic acids is 1. The molecule has 4 rings (SSSR count). The highest BCUT2D eigenvalue weighted by atomic mass is 79.9. The van der Waals surface area contributed by atoms with E-state index in [1.165, 1.54) is 11.7 Å². The smallest absolute Gasteiger partial charge is 0.360 e. The number of pyridine rings is 3. The second-order valence-corrected chi connectivity index (χ2v) is 7.28. The summed E-state index contributed by atoms with van der Waals surface area (Å²) in [7, 11) is 1.21. The lowest BCUT2D eigenvalue weighted by Crippen LogP contribution is -2.24. The van der Waals surface area contributed by atoms with Crippen LogP contribution in [0.15, 0.2) is 70.3 Å². The van der Waals surface area contributed by atoms with Crippen molar-refractivity contribution >= 4 is 32.8 Å². The number of carbonyl (C=O) groups is 1. The van der Waals surface area contributed by atoms with Crippen molar-refractivity contribution in [3.63, 3.8) is 0 Å². The molecule has 0 amide bonds. The first-order valence-electron chi connectivity index (χ1n) is 9.00. The molecule has 3 heterocycles. The largest absolute Gasteiger partial charge is 0.505 e. The summed E-state index contributed by atoms with van der Waals surface area (Å²) in [6, 6.07) is 14.5. The van der Waals surface area contributed by atoms with Crippen molar-refractivity contribution in [1.82, 2.24) is 14.5 Å². The summed E-state index contributed by atoms with van der Waals surface area (Å²) in [6.07, 6.45) is 3.18. The van der Waals surface area contributed by atoms with Crippen LogP contribution in [0, 0.1) is 0 Å². The third kappa shape index (κ3) is 3.46. The molecule has 0 aliphatic rings. The van der Waals surface area contributed by atoms with Crippen molar-refractivity contribution in [2.75, 3.05) is 7.11 Å². The number of aromatic nitrogens is 3. The van der Waals surface area contributed by atoms with Gasteiger partial charge in [0, 0.05) is 28.9 Å². The average molecular weight is 466 g/mol. The predicted molar refractivity (Wildman–Crippen MR) is 115 cm³/mol. The fraction of sp³-hybridized carbons (Fsp3) is 0.0909. The quantitative estimate of drug-likeness (QED) is 0.364. The third-order valence-corrected chi connectivity index (χ3v) is 5.26. The van der Waals surface area contributed by atoms with E-state index >= 15 is 0 Å². The fourth-order valence-corrected chi connectivity index (χ4v) is 3.89. The second kappa shape index (κ2) is 8.08. The third-order valence-electron chi connectivity index (χ3n) is 4.71. The summed E-state index contributed by atoms with van der Waals surface area (Å²) in [4.78, 5) is 33.7. The monoisotopic (exact) mass is 465 g/mol. The molecule has 7 nitrogen and oxygen atoms in total. The molecule has 0 bridgehead atoms. The number of hydrogen-bond acceptors (Lipinski definition) is 6. The van der Waals surface area contributed by atoms with Crippen LogP contribution in [0.1, 0.15) is 16.1 Å². The van der Waals surface area contributed by atoms with E-state index in [2.05, 4.69) is 25.9 Å². The zero-order valence-electron chi connectivity index (χ0n) is 15.9. The Hall–Kier alpha value is -3.52. The molecule has 0 saturated carbocycles. The standard InChI is InChI=1S/C22H16BrN3O4/c1-30-22(29)17-19(27)16-10-15(14-8-5-9-24-11-14)21(28)26(18(16)20(23)25-17)12-13-6-3-2-4-7-13/h2-11,27H,12H2,1H3. The Balaban J connectivity index is 2.09. The van der Waals surface area contributed by atoms with Gasteiger partial charge in [0.2, 0.25) is 0 Å². The van der Waals surface area contributed by atoms with Gasteiger partial charge in [0.25, 0.3) is 5.56 Å². The number of aromatic hydroxyl groups is 1. The molecule has 150 valence electrons. The number of esters is 1. The maximum absolute atomic E-state index is 13.4. The van der Waals surface area contributed by atoms with E-state index in [1.807, 2.05) is 30.3 Å². The number of benzene rings is 1. The number of hydrogen-bond donors (Lipinski definition) is 1. The van der Waals surface area contributed by atoms with Crippen LogP contribution in [0.5, 0.6) is 5.75 Å². The molecule has 0 saturated heterocycles. The van der Waals surface area contributed by atoms with Gasteiger partial charge in [-0.05, 0) is 33.6 Å². The minimum Gasteiger partial charge on any atom is -0.505 e. The fourth-order valence-electron chi connectivity index (χ4n) is 3.29. The van der Waals surface area contributed by atoms with Crippen molar-refractivity contribution in [1.29, 1.82) is 0 Å². The molecule has 8 heteroatoms. The van der Waals surface area contributed by atoms with Gasteiger partial charge >= 0.3 is 5.97 Å². The van der Waals surface area contributed by atoms with E-state index in [-0.39, 0.29) is 28.2 Å². The van der Waals surface area contributed by atoms with E-state index in [4.69, 9.17) is 4.74 Å². The van der Waals surface area contributed by atoms with Crippen LogP contribution in [0.2, 0.25) is 0 Å². The van der Waals surface area contributed by atoms with Gasteiger partial charge in [-0.3, -0.25) is 9.78 Å². The van der Waals surface area contributed by atoms with E-state index < -0.39 is 5.97 Å². The Morgan fingerprint density at radius 3 is 2.63 bits per heavy atom. The van der Waals surface area contributed by atoms with E-state index in [1.54, 1.807) is 30.6 Å². The minimum atomic E-state index is -0.779. The van der Waals surface area contributed by atoms with Gasteiger partial charge in [0.15, 0.2) is 11.4 Å². The highest BCUT2D eigenvalue weighted by Crippen LogP contribution is 2.34. The molecular weight excluding hydrogens is 450 g/mol. The highest BCUT2D eigenvalue weighted by Gasteiger charge is 2.23. The van der Waals surface area contributed by atoms with Crippen molar-refractivity contribution in [3.05, 3.63) is 87.1 Å². The Labute approximate surface area is 179 Å². The topological polar surface area (TPSA) is 94.3 Å². The molecule has 1 aromatic carbocycles. The number of nitrogens with zero attached hydrogens (tertiary/aromatic N) is 3. The zero-order valence-corrected chi connectivity index (χ0v) is 17.5. The van der Waals surface area contributed by atoms with Gasteiger partial charge < -0.3 is 14.4 Å². The van der Waals surface area contributed by atoms with Crippen LogP contribution in [-0.4, -0.2) is 32.7 Å². The molecular formula is C22H16BrN3O4. The first kappa shape index (κ1) is 19.8. The van der Waals surface area contributed by atoms with Crippen LogP contribution in [0.3, 0.4) is 0 Å². The molecule has 4 aromatic rings. The van der Waals surface area contributed by atoms with E-state index in [9.17, 15) is 14.7 Å². The number of ether oxygens (including phenoxy) is 1. The van der Waals surface area contributed by atoms with Gasteiger partial charge in [-0.2, -0.15) is 0 Å². The second-order valence-electron chi connectivity index (χ2n) is 6.53. The normalized spacial score (nSPS) is 10.9. The Morgan fingerprint density at radius 2 is 1.97 bits per heavy atom. The maximum Gasteiger partial charge on any atom is 0.360 e. The number of halogens is 1. The molecule has 0 atom stereocenters. The highest BCUT2D eigenvalue weighted by molar-refractivity contribution is 9.10. The molecule has 0 radical (unpaired) electrons. The van der Waals surface area contributed by atoms with Crippen LogP contribution >= 0.6 is 15.9 Å². The number of methoxy groups -OCH3 is 1. The van der Waals surface area contributed by atoms with Crippen molar-refractivity contribution in [2.45, 2.75) is 6.54 Å². The van der Waals surface area contributed by atoms with Gasteiger partial charge in [0.1, 0.15) is 4.60 Å². The zero-order chi connectivity index (χ0) is 21.3. The first-order chi connectivity index (χ1) is 14.5. The van der Waals surface area contributed by atoms with E-state index in [0.29, 0.717) is 22.0 Å². The van der Waals surface area contributed by atoms with Crippen LogP contribution in [0.4, 0.5) is 0 Å². The lowest BCUT2D eigenvalue weighted by molar-refractivity contribution is 0.0590. The summed E-state index contributed by atoms with van der Waals surface area (Å²) in [5.41, 5.74) is 1.70. The molecule has 0 aliphatic carbocycles. The SMILES string of the molecule is COC(=O)c1nc(Br)c2c(cc(-c3cccnc3)c(=O)n2Cc2ccccc2)c1O.